The van der Waals surface area contributed by atoms with Crippen molar-refractivity contribution in [1.29, 1.82) is 0 Å². The van der Waals surface area contributed by atoms with E-state index in [1.165, 1.54) is 35.7 Å². The molecule has 16 nitrogen and oxygen atoms in total. The molecule has 466 valence electrons. The van der Waals surface area contributed by atoms with Crippen molar-refractivity contribution in [2.24, 2.45) is 10.8 Å². The molecule has 0 amide bonds. The lowest BCUT2D eigenvalue weighted by molar-refractivity contribution is -0.149. The van der Waals surface area contributed by atoms with E-state index in [0.29, 0.717) is 47.0 Å². The van der Waals surface area contributed by atoms with E-state index in [-0.39, 0.29) is 62.0 Å². The third kappa shape index (κ3) is 18.3. The Labute approximate surface area is 509 Å². The zero-order chi connectivity index (χ0) is 63.1. The van der Waals surface area contributed by atoms with Gasteiger partial charge >= 0.3 is 31.4 Å². The molecule has 4 aromatic heterocycles. The summed E-state index contributed by atoms with van der Waals surface area (Å²) in [5, 5.41) is 0. The van der Waals surface area contributed by atoms with E-state index >= 15 is 0 Å². The van der Waals surface area contributed by atoms with Crippen LogP contribution in [0, 0.1) is 10.8 Å². The van der Waals surface area contributed by atoms with Crippen LogP contribution in [0.15, 0.2) is 102 Å². The van der Waals surface area contributed by atoms with Crippen LogP contribution in [0.4, 0.5) is 26.3 Å². The first-order valence-electron chi connectivity index (χ1n) is 28.2. The number of pyridine rings is 2. The molecular weight excluding hydrogens is 1230 g/mol. The average Bonchev–Trinajstić information content (AvgIpc) is 1.79. The standard InChI is InChI=1S/C27H32F3N3O4Si.C18H25BO5.C15H19BrF3N3OSi/c1-35-25(34)26(11-12-26)17-37-21-8-5-19(6-9-21)22-10-7-20(15-31-22)24-32-23(27(28,29)30)16-33(24)18-36-13-14-38(2,3)4;1-16(2)17(3,4)24-19(23-16)13-6-8-14(9-7-13)22-12-18(10-11-18)15(20)21-5;1-24(2,3)7-6-23-10-22-9-12(15(17,18)19)21-14(22)11-4-5-13(16)20-8-11/h5-10,15-16H,11-14,17-18H2,1-4H3;6-9H,10-12H2,1-5H3;4-5,8-9H,6-7,10H2,1-3H3. The Hall–Kier alpha value is -5.90. The van der Waals surface area contributed by atoms with Gasteiger partial charge < -0.3 is 46.9 Å². The van der Waals surface area contributed by atoms with E-state index in [1.54, 1.807) is 36.4 Å². The Morgan fingerprint density at radius 2 is 0.988 bits per heavy atom. The first kappa shape index (κ1) is 67.6. The summed E-state index contributed by atoms with van der Waals surface area (Å²) in [6.45, 7) is 23.0. The van der Waals surface area contributed by atoms with Crippen molar-refractivity contribution in [3.63, 3.8) is 0 Å². The lowest BCUT2D eigenvalue weighted by Gasteiger charge is -2.32. The van der Waals surface area contributed by atoms with Crippen LogP contribution in [0.25, 0.3) is 34.0 Å². The van der Waals surface area contributed by atoms with Crippen LogP contribution in [-0.4, -0.2) is 116 Å². The maximum atomic E-state index is 13.4. The van der Waals surface area contributed by atoms with Gasteiger partial charge in [-0.2, -0.15) is 26.3 Å². The van der Waals surface area contributed by atoms with Gasteiger partial charge in [-0.3, -0.25) is 14.6 Å². The number of carbonyl (C=O) groups excluding carboxylic acids is 2. The largest absolute Gasteiger partial charge is 0.494 e. The van der Waals surface area contributed by atoms with Crippen LogP contribution < -0.4 is 14.9 Å². The van der Waals surface area contributed by atoms with Crippen molar-refractivity contribution < 1.29 is 73.7 Å². The van der Waals surface area contributed by atoms with E-state index in [9.17, 15) is 35.9 Å². The number of methoxy groups -OCH3 is 2. The SMILES string of the molecule is COC(=O)C1(COc2ccc(-c3ccc(-c4nc(C(F)(F)F)cn4COCC[Si](C)(C)C)cn3)cc2)CC1.COC(=O)C1(COc2ccc(B3OC(C)(C)C(C)(C)O3)cc2)CC1.C[Si](C)(C)CCOCn1cc(C(F)(F)F)nc1-c1ccc(Br)nc1. The molecule has 9 rings (SSSR count). The Morgan fingerprint density at radius 3 is 1.34 bits per heavy atom. The van der Waals surface area contributed by atoms with Gasteiger partial charge in [0.1, 0.15) is 65.3 Å². The number of imidazole rings is 2. The first-order chi connectivity index (χ1) is 40.2. The van der Waals surface area contributed by atoms with Crippen LogP contribution in [0.5, 0.6) is 11.5 Å². The number of halogens is 7. The van der Waals surface area contributed by atoms with Crippen molar-refractivity contribution in [2.75, 3.05) is 40.6 Å². The second-order valence-electron chi connectivity index (χ2n) is 25.1. The fourth-order valence-corrected chi connectivity index (χ4v) is 10.2. The van der Waals surface area contributed by atoms with Gasteiger partial charge in [-0.05, 0) is 148 Å². The maximum Gasteiger partial charge on any atom is 0.494 e. The third-order valence-corrected chi connectivity index (χ3v) is 19.0. The van der Waals surface area contributed by atoms with Crippen molar-refractivity contribution in [3.8, 4) is 45.5 Å². The molecule has 0 atom stereocenters. The maximum absolute atomic E-state index is 13.4. The summed E-state index contributed by atoms with van der Waals surface area (Å²) in [5.74, 6) is 1.25. The molecule has 1 aliphatic heterocycles. The minimum atomic E-state index is -4.56. The highest BCUT2D eigenvalue weighted by Crippen LogP contribution is 2.48. The molecule has 3 aliphatic rings. The van der Waals surface area contributed by atoms with E-state index in [0.717, 1.165) is 66.9 Å². The van der Waals surface area contributed by atoms with E-state index in [1.807, 2.05) is 64.1 Å². The molecule has 3 fully saturated rings. The van der Waals surface area contributed by atoms with Gasteiger partial charge in [0.2, 0.25) is 0 Å². The molecule has 0 unspecified atom stereocenters. The highest BCUT2D eigenvalue weighted by molar-refractivity contribution is 9.10. The van der Waals surface area contributed by atoms with Crippen LogP contribution in [0.3, 0.4) is 0 Å². The lowest BCUT2D eigenvalue weighted by Crippen LogP contribution is -2.41. The van der Waals surface area contributed by atoms with Crippen LogP contribution in [0.2, 0.25) is 51.4 Å². The summed E-state index contributed by atoms with van der Waals surface area (Å²) in [7, 11) is -0.158. The summed E-state index contributed by atoms with van der Waals surface area (Å²) in [6.07, 6.45) is -0.972. The number of aromatic nitrogens is 6. The Balaban J connectivity index is 0.000000193. The van der Waals surface area contributed by atoms with Gasteiger partial charge in [0.25, 0.3) is 0 Å². The van der Waals surface area contributed by atoms with Crippen LogP contribution in [0.1, 0.15) is 64.8 Å². The number of nitrogens with zero attached hydrogens (tertiary/aromatic N) is 6. The Bertz CT molecular complexity index is 3200. The molecule has 0 radical (unpaired) electrons. The second kappa shape index (κ2) is 27.2. The number of rotatable bonds is 22. The molecule has 26 heteroatoms. The minimum absolute atomic E-state index is 0.0244. The molecule has 1 saturated heterocycles. The third-order valence-electron chi connectivity index (χ3n) is 15.1. The number of carbonyl (C=O) groups is 2. The topological polar surface area (TPSA) is 169 Å². The van der Waals surface area contributed by atoms with Gasteiger partial charge in [0.05, 0.1) is 31.1 Å². The quantitative estimate of drug-likeness (QED) is 0.0207. The molecule has 0 bridgehead atoms. The molecule has 6 aromatic rings. The van der Waals surface area contributed by atoms with Gasteiger partial charge in [-0.1, -0.05) is 51.4 Å². The second-order valence-corrected chi connectivity index (χ2v) is 37.2. The van der Waals surface area contributed by atoms with Crippen molar-refractivity contribution in [2.45, 2.75) is 142 Å². The van der Waals surface area contributed by atoms with Gasteiger partial charge in [-0.15, -0.1) is 0 Å². The normalized spacial score (nSPS) is 16.5. The molecule has 2 aliphatic carbocycles. The van der Waals surface area contributed by atoms with Gasteiger partial charge in [-0.25, -0.2) is 15.0 Å². The first-order valence-corrected chi connectivity index (χ1v) is 36.4. The van der Waals surface area contributed by atoms with E-state index in [4.69, 9.17) is 37.7 Å². The van der Waals surface area contributed by atoms with Crippen molar-refractivity contribution in [1.82, 2.24) is 29.1 Å². The van der Waals surface area contributed by atoms with E-state index in [2.05, 4.69) is 75.1 Å². The monoisotopic (exact) mass is 1300 g/mol. The highest BCUT2D eigenvalue weighted by Gasteiger charge is 2.54. The predicted molar refractivity (Wildman–Crippen MR) is 323 cm³/mol. The number of hydrogen-bond acceptors (Lipinski definition) is 14. The van der Waals surface area contributed by atoms with E-state index < -0.39 is 50.7 Å². The smallest absolute Gasteiger partial charge is 0.492 e. The number of ether oxygens (including phenoxy) is 6. The number of alkyl halides is 6. The van der Waals surface area contributed by atoms with Gasteiger partial charge in [0.15, 0.2) is 11.4 Å². The average molecular weight is 1300 g/mol. The molecule has 2 saturated carbocycles. The molecule has 86 heavy (non-hydrogen) atoms. The lowest BCUT2D eigenvalue weighted by atomic mass is 9.79. The zero-order valence-electron chi connectivity index (χ0n) is 50.7. The zero-order valence-corrected chi connectivity index (χ0v) is 54.3. The van der Waals surface area contributed by atoms with Crippen LogP contribution in [-0.2, 0) is 63.7 Å². The van der Waals surface area contributed by atoms with Crippen LogP contribution >= 0.6 is 15.9 Å². The molecule has 0 spiro atoms. The molecule has 0 N–H and O–H groups in total. The number of hydrogen-bond donors (Lipinski definition) is 0. The fraction of sp³-hybridized carbons (Fsp3) is 0.500. The fourth-order valence-electron chi connectivity index (χ4n) is 8.46. The summed E-state index contributed by atoms with van der Waals surface area (Å²) < 4.78 is 127. The Morgan fingerprint density at radius 1 is 0.593 bits per heavy atom. The summed E-state index contributed by atoms with van der Waals surface area (Å²) in [6, 6.07) is 23.5. The van der Waals surface area contributed by atoms with Crippen molar-refractivity contribution in [3.05, 3.63) is 114 Å². The summed E-state index contributed by atoms with van der Waals surface area (Å²) in [5.41, 5.74) is -0.233. The highest BCUT2D eigenvalue weighted by atomic mass is 79.9. The Kier molecular flexibility index (Phi) is 21.4. The summed E-state index contributed by atoms with van der Waals surface area (Å²) >= 11 is 3.20. The summed E-state index contributed by atoms with van der Waals surface area (Å²) in [4.78, 5) is 39.7. The minimum Gasteiger partial charge on any atom is -0.492 e. The molecular formula is C60H76BBrF6N6O10Si2. The predicted octanol–water partition coefficient (Wildman–Crippen LogP) is 13.6. The number of benzene rings is 2. The molecule has 2 aromatic carbocycles. The number of esters is 2. The van der Waals surface area contributed by atoms with Gasteiger partial charge in [0, 0.05) is 70.8 Å². The molecule has 5 heterocycles. The van der Waals surface area contributed by atoms with Crippen molar-refractivity contribution >= 4 is 56.6 Å².